The normalized spacial score (nSPS) is 10.8. The summed E-state index contributed by atoms with van der Waals surface area (Å²) in [4.78, 5) is 17.9. The number of hydrogen-bond donors (Lipinski definition) is 3. The molecule has 0 fully saturated rings. The third-order valence-corrected chi connectivity index (χ3v) is 2.49. The van der Waals surface area contributed by atoms with Crippen molar-refractivity contribution in [2.75, 3.05) is 5.73 Å². The molecule has 1 aromatic carbocycles. The largest absolute Gasteiger partial charge is 0.478 e. The number of nitrogens with two attached hydrogens (primary N) is 1. The van der Waals surface area contributed by atoms with E-state index in [0.717, 1.165) is 0 Å². The summed E-state index contributed by atoms with van der Waals surface area (Å²) in [5.41, 5.74) is 6.69. The lowest BCUT2D eigenvalue weighted by Crippen LogP contribution is -2.03. The zero-order chi connectivity index (χ0) is 11.2. The molecule has 0 bridgehead atoms. The van der Waals surface area contributed by atoms with Crippen molar-refractivity contribution in [1.82, 2.24) is 9.97 Å². The fourth-order valence-electron chi connectivity index (χ4n) is 1.43. The Hall–Kier alpha value is -1.75. The summed E-state index contributed by atoms with van der Waals surface area (Å²) in [6.45, 7) is 1.76. The molecule has 2 aromatic rings. The van der Waals surface area contributed by atoms with E-state index < -0.39 is 5.97 Å². The lowest BCUT2D eigenvalue weighted by atomic mass is 10.1. The highest BCUT2D eigenvalue weighted by Crippen LogP contribution is 2.30. The van der Waals surface area contributed by atoms with Crippen molar-refractivity contribution in [2.24, 2.45) is 0 Å². The number of hydrogen-bond acceptors (Lipinski definition) is 3. The minimum atomic E-state index is -1.11. The smallest absolute Gasteiger partial charge is 0.337 e. The van der Waals surface area contributed by atoms with Crippen molar-refractivity contribution < 1.29 is 9.90 Å². The number of aromatic carboxylic acids is 1. The second kappa shape index (κ2) is 3.13. The zero-order valence-electron chi connectivity index (χ0n) is 7.84. The van der Waals surface area contributed by atoms with Crippen LogP contribution >= 0.6 is 11.6 Å². The number of imidazole rings is 1. The van der Waals surface area contributed by atoms with Crippen molar-refractivity contribution in [2.45, 2.75) is 6.92 Å². The summed E-state index contributed by atoms with van der Waals surface area (Å²) in [7, 11) is 0. The highest BCUT2D eigenvalue weighted by molar-refractivity contribution is 6.38. The van der Waals surface area contributed by atoms with Gasteiger partial charge in [0.2, 0.25) is 0 Å². The molecule has 0 spiro atoms. The maximum Gasteiger partial charge on any atom is 0.337 e. The molecule has 1 heterocycles. The number of anilines is 1. The van der Waals surface area contributed by atoms with Gasteiger partial charge in [0.1, 0.15) is 11.3 Å². The van der Waals surface area contributed by atoms with Crippen molar-refractivity contribution in [1.29, 1.82) is 0 Å². The summed E-state index contributed by atoms with van der Waals surface area (Å²) in [5, 5.41) is 9.06. The van der Waals surface area contributed by atoms with Crippen molar-refractivity contribution in [3.63, 3.8) is 0 Å². The van der Waals surface area contributed by atoms with Gasteiger partial charge in [0.25, 0.3) is 0 Å². The van der Waals surface area contributed by atoms with Crippen molar-refractivity contribution in [3.8, 4) is 0 Å². The minimum Gasteiger partial charge on any atom is -0.478 e. The average Bonchev–Trinajstić information content (AvgIpc) is 2.52. The first-order valence-electron chi connectivity index (χ1n) is 4.18. The van der Waals surface area contributed by atoms with E-state index in [1.165, 1.54) is 6.07 Å². The standard InChI is InChI=1S/C9H8ClN3O2/c1-3-12-5-2-4(9(14)15)7(11)6(10)8(5)13-3/h2H,11H2,1H3,(H,12,13)(H,14,15). The Morgan fingerprint density at radius 1 is 1.67 bits per heavy atom. The van der Waals surface area contributed by atoms with E-state index in [2.05, 4.69) is 9.97 Å². The van der Waals surface area contributed by atoms with Gasteiger partial charge in [-0.15, -0.1) is 0 Å². The highest BCUT2D eigenvalue weighted by atomic mass is 35.5. The van der Waals surface area contributed by atoms with Crippen LogP contribution in [0.3, 0.4) is 0 Å². The maximum absolute atomic E-state index is 10.9. The number of halogens is 1. The summed E-state index contributed by atoms with van der Waals surface area (Å²) in [6.07, 6.45) is 0. The molecule has 1 aromatic heterocycles. The molecule has 0 atom stereocenters. The Labute approximate surface area is 89.9 Å². The lowest BCUT2D eigenvalue weighted by Gasteiger charge is -2.03. The summed E-state index contributed by atoms with van der Waals surface area (Å²) in [5.74, 6) is -0.447. The fourth-order valence-corrected chi connectivity index (χ4v) is 1.67. The number of aryl methyl sites for hydroxylation is 1. The van der Waals surface area contributed by atoms with Gasteiger partial charge in [-0.3, -0.25) is 0 Å². The third-order valence-electron chi connectivity index (χ3n) is 2.10. The number of carbonyl (C=O) groups is 1. The van der Waals surface area contributed by atoms with Crippen LogP contribution in [-0.4, -0.2) is 21.0 Å². The molecule has 0 aliphatic heterocycles. The Morgan fingerprint density at radius 2 is 2.33 bits per heavy atom. The highest BCUT2D eigenvalue weighted by Gasteiger charge is 2.16. The first-order valence-corrected chi connectivity index (χ1v) is 4.56. The van der Waals surface area contributed by atoms with Gasteiger partial charge >= 0.3 is 5.97 Å². The van der Waals surface area contributed by atoms with Gasteiger partial charge in [-0.2, -0.15) is 0 Å². The maximum atomic E-state index is 10.9. The molecule has 0 unspecified atom stereocenters. The van der Waals surface area contributed by atoms with Crippen LogP contribution in [0, 0.1) is 6.92 Å². The number of nitrogens with one attached hydrogen (secondary N) is 1. The number of carboxylic acid groups (broad SMARTS) is 1. The lowest BCUT2D eigenvalue weighted by molar-refractivity contribution is 0.0698. The molecule has 0 radical (unpaired) electrons. The van der Waals surface area contributed by atoms with Crippen LogP contribution in [0.5, 0.6) is 0 Å². The zero-order valence-corrected chi connectivity index (χ0v) is 8.59. The first-order chi connectivity index (χ1) is 7.00. The second-order valence-electron chi connectivity index (χ2n) is 3.18. The van der Waals surface area contributed by atoms with Crippen LogP contribution in [0.2, 0.25) is 5.02 Å². The Balaban J connectivity index is 2.87. The van der Waals surface area contributed by atoms with Gasteiger partial charge < -0.3 is 15.8 Å². The Morgan fingerprint density at radius 3 is 2.93 bits per heavy atom. The van der Waals surface area contributed by atoms with Crippen molar-refractivity contribution in [3.05, 3.63) is 22.5 Å². The van der Waals surface area contributed by atoms with Crippen LogP contribution < -0.4 is 5.73 Å². The molecule has 0 aliphatic carbocycles. The minimum absolute atomic E-state index is 0.0175. The van der Waals surface area contributed by atoms with E-state index in [1.54, 1.807) is 6.92 Å². The number of H-pyrrole nitrogens is 1. The molecule has 6 heteroatoms. The van der Waals surface area contributed by atoms with Gasteiger partial charge in [0, 0.05) is 0 Å². The quantitative estimate of drug-likeness (QED) is 0.646. The van der Waals surface area contributed by atoms with E-state index in [1.807, 2.05) is 0 Å². The van der Waals surface area contributed by atoms with E-state index >= 15 is 0 Å². The van der Waals surface area contributed by atoms with Crippen LogP contribution in [-0.2, 0) is 0 Å². The predicted molar refractivity (Wildman–Crippen MR) is 57.2 cm³/mol. The number of aromatic nitrogens is 2. The number of nitrogen functional groups attached to an aromatic ring is 1. The van der Waals surface area contributed by atoms with Gasteiger partial charge in [-0.1, -0.05) is 11.6 Å². The van der Waals surface area contributed by atoms with Crippen LogP contribution in [0.1, 0.15) is 16.2 Å². The first kappa shape index (κ1) is 9.79. The predicted octanol–water partition coefficient (Wildman–Crippen LogP) is 1.81. The molecule has 4 N–H and O–H groups in total. The molecular weight excluding hydrogens is 218 g/mol. The Kier molecular flexibility index (Phi) is 2.04. The molecule has 2 rings (SSSR count). The third kappa shape index (κ3) is 1.41. The fraction of sp³-hybridized carbons (Fsp3) is 0.111. The molecule has 78 valence electrons. The number of carboxylic acids is 1. The van der Waals surface area contributed by atoms with Gasteiger partial charge in [0.05, 0.1) is 21.8 Å². The Bertz CT molecular complexity index is 562. The summed E-state index contributed by atoms with van der Waals surface area (Å²) >= 11 is 5.92. The molecular formula is C9H8ClN3O2. The molecule has 0 amide bonds. The number of benzene rings is 1. The molecule has 0 saturated carbocycles. The van der Waals surface area contributed by atoms with Crippen LogP contribution in [0.4, 0.5) is 5.69 Å². The van der Waals surface area contributed by atoms with E-state index in [4.69, 9.17) is 22.4 Å². The summed E-state index contributed by atoms with van der Waals surface area (Å²) in [6, 6.07) is 1.43. The number of fused-ring (bicyclic) bond motifs is 1. The number of rotatable bonds is 1. The van der Waals surface area contributed by atoms with Gasteiger partial charge in [-0.25, -0.2) is 9.78 Å². The second-order valence-corrected chi connectivity index (χ2v) is 3.55. The summed E-state index contributed by atoms with van der Waals surface area (Å²) < 4.78 is 0. The average molecular weight is 226 g/mol. The molecule has 15 heavy (non-hydrogen) atoms. The van der Waals surface area contributed by atoms with Gasteiger partial charge in [0.15, 0.2) is 0 Å². The van der Waals surface area contributed by atoms with E-state index in [0.29, 0.717) is 16.9 Å². The van der Waals surface area contributed by atoms with Crippen LogP contribution in [0.15, 0.2) is 6.07 Å². The molecule has 0 aliphatic rings. The number of nitrogens with zero attached hydrogens (tertiary/aromatic N) is 1. The SMILES string of the molecule is Cc1nc2c(Cl)c(N)c(C(=O)O)cc2[nH]1. The van der Waals surface area contributed by atoms with E-state index in [-0.39, 0.29) is 16.3 Å². The monoisotopic (exact) mass is 225 g/mol. The van der Waals surface area contributed by atoms with E-state index in [9.17, 15) is 4.79 Å². The molecule has 5 nitrogen and oxygen atoms in total. The topological polar surface area (TPSA) is 92.0 Å². The molecule has 0 saturated heterocycles. The van der Waals surface area contributed by atoms with Gasteiger partial charge in [-0.05, 0) is 13.0 Å². The van der Waals surface area contributed by atoms with Crippen LogP contribution in [0.25, 0.3) is 11.0 Å². The number of aromatic amines is 1. The van der Waals surface area contributed by atoms with Crippen molar-refractivity contribution >= 4 is 34.3 Å².